The van der Waals surface area contributed by atoms with Crippen molar-refractivity contribution in [2.45, 2.75) is 52.6 Å². The van der Waals surface area contributed by atoms with E-state index in [0.717, 1.165) is 28.7 Å². The Kier molecular flexibility index (Phi) is 4.76. The van der Waals surface area contributed by atoms with Crippen LogP contribution in [0.15, 0.2) is 42.5 Å². The van der Waals surface area contributed by atoms with Crippen LogP contribution in [-0.2, 0) is 6.42 Å². The van der Waals surface area contributed by atoms with Crippen molar-refractivity contribution in [2.75, 3.05) is 0 Å². The number of nitrogens with zero attached hydrogens (tertiary/aromatic N) is 1. The molecule has 0 N–H and O–H groups in total. The summed E-state index contributed by atoms with van der Waals surface area (Å²) in [5, 5.41) is 0. The third-order valence-corrected chi connectivity index (χ3v) is 4.84. The second-order valence-corrected chi connectivity index (χ2v) is 7.24. The van der Waals surface area contributed by atoms with Gasteiger partial charge >= 0.3 is 0 Å². The summed E-state index contributed by atoms with van der Waals surface area (Å²) in [6.07, 6.45) is 1.38. The average molecular weight is 335 g/mol. The molecule has 3 rings (SSSR count). The summed E-state index contributed by atoms with van der Waals surface area (Å²) < 4.78 is 0. The zero-order chi connectivity index (χ0) is 18.1. The van der Waals surface area contributed by atoms with Crippen molar-refractivity contribution in [3.05, 3.63) is 59.2 Å². The van der Waals surface area contributed by atoms with Crippen LogP contribution in [0.2, 0.25) is 0 Å². The number of hydrogen-bond acceptors (Lipinski definition) is 2. The molecule has 0 unspecified atom stereocenters. The van der Waals surface area contributed by atoms with Crippen LogP contribution in [0.25, 0.3) is 11.1 Å². The minimum Gasteiger partial charge on any atom is -0.334 e. The van der Waals surface area contributed by atoms with E-state index < -0.39 is 0 Å². The molecule has 0 spiro atoms. The third kappa shape index (κ3) is 3.23. The molecular weight excluding hydrogens is 310 g/mol. The van der Waals surface area contributed by atoms with Gasteiger partial charge in [0.25, 0.3) is 5.91 Å². The van der Waals surface area contributed by atoms with Gasteiger partial charge in [-0.3, -0.25) is 9.59 Å². The minimum atomic E-state index is 0.0529. The largest absolute Gasteiger partial charge is 0.334 e. The van der Waals surface area contributed by atoms with E-state index in [1.54, 1.807) is 0 Å². The molecule has 0 saturated heterocycles. The first-order valence-corrected chi connectivity index (χ1v) is 8.98. The number of Topliss-reactive ketones (excluding diaryl/α,β-unsaturated/α-hetero) is 1. The van der Waals surface area contributed by atoms with Gasteiger partial charge in [0.2, 0.25) is 0 Å². The van der Waals surface area contributed by atoms with Crippen molar-refractivity contribution in [3.8, 4) is 11.1 Å². The van der Waals surface area contributed by atoms with Crippen LogP contribution >= 0.6 is 0 Å². The zero-order valence-electron chi connectivity index (χ0n) is 15.4. The van der Waals surface area contributed by atoms with E-state index >= 15 is 0 Å². The zero-order valence-corrected chi connectivity index (χ0v) is 15.4. The van der Waals surface area contributed by atoms with E-state index in [1.807, 2.05) is 69.0 Å². The van der Waals surface area contributed by atoms with Gasteiger partial charge in [0.1, 0.15) is 0 Å². The second kappa shape index (κ2) is 6.83. The molecule has 0 atom stereocenters. The number of benzene rings is 2. The summed E-state index contributed by atoms with van der Waals surface area (Å²) >= 11 is 0. The van der Waals surface area contributed by atoms with Gasteiger partial charge in [-0.15, -0.1) is 0 Å². The number of hydrogen-bond donors (Lipinski definition) is 0. The molecule has 1 aliphatic carbocycles. The SMILES string of the molecule is CC(C)N(C(=O)c1ccccc1-c1ccc2c(c1)CCC2=O)C(C)C. The minimum absolute atomic E-state index is 0.0529. The highest BCUT2D eigenvalue weighted by atomic mass is 16.2. The molecule has 3 nitrogen and oxygen atoms in total. The van der Waals surface area contributed by atoms with Crippen LogP contribution in [0, 0.1) is 0 Å². The van der Waals surface area contributed by atoms with Gasteiger partial charge in [-0.05, 0) is 56.9 Å². The lowest BCUT2D eigenvalue weighted by molar-refractivity contribution is 0.0644. The Hall–Kier alpha value is -2.42. The topological polar surface area (TPSA) is 37.4 Å². The van der Waals surface area contributed by atoms with Crippen molar-refractivity contribution in [1.29, 1.82) is 0 Å². The van der Waals surface area contributed by atoms with E-state index in [4.69, 9.17) is 0 Å². The molecule has 0 bridgehead atoms. The molecule has 0 saturated carbocycles. The van der Waals surface area contributed by atoms with Gasteiger partial charge in [-0.25, -0.2) is 0 Å². The molecule has 0 heterocycles. The fraction of sp³-hybridized carbons (Fsp3) is 0.364. The molecule has 2 aromatic rings. The lowest BCUT2D eigenvalue weighted by atomic mass is 9.95. The Morgan fingerprint density at radius 2 is 1.60 bits per heavy atom. The molecule has 1 amide bonds. The Balaban J connectivity index is 2.05. The summed E-state index contributed by atoms with van der Waals surface area (Å²) in [5.74, 6) is 0.272. The lowest BCUT2D eigenvalue weighted by Gasteiger charge is -2.31. The van der Waals surface area contributed by atoms with E-state index in [-0.39, 0.29) is 23.8 Å². The van der Waals surface area contributed by atoms with Crippen LogP contribution in [0.1, 0.15) is 60.4 Å². The van der Waals surface area contributed by atoms with Gasteiger partial charge in [0.15, 0.2) is 5.78 Å². The maximum Gasteiger partial charge on any atom is 0.254 e. The lowest BCUT2D eigenvalue weighted by Crippen LogP contribution is -2.42. The molecule has 1 aliphatic rings. The van der Waals surface area contributed by atoms with Crippen molar-refractivity contribution < 1.29 is 9.59 Å². The summed E-state index contributed by atoms with van der Waals surface area (Å²) in [4.78, 5) is 27.0. The molecule has 0 fully saturated rings. The predicted molar refractivity (Wildman–Crippen MR) is 101 cm³/mol. The highest BCUT2D eigenvalue weighted by molar-refractivity contribution is 6.03. The van der Waals surface area contributed by atoms with E-state index in [0.29, 0.717) is 12.0 Å². The molecular formula is C22H25NO2. The van der Waals surface area contributed by atoms with E-state index in [1.165, 1.54) is 0 Å². The Morgan fingerprint density at radius 3 is 2.28 bits per heavy atom. The maximum atomic E-state index is 13.2. The number of fused-ring (bicyclic) bond motifs is 1. The third-order valence-electron chi connectivity index (χ3n) is 4.84. The van der Waals surface area contributed by atoms with Crippen LogP contribution in [-0.4, -0.2) is 28.7 Å². The maximum absolute atomic E-state index is 13.2. The summed E-state index contributed by atoms with van der Waals surface area (Å²) in [6.45, 7) is 8.17. The smallest absolute Gasteiger partial charge is 0.254 e. The van der Waals surface area contributed by atoms with Gasteiger partial charge in [-0.1, -0.05) is 36.4 Å². The monoisotopic (exact) mass is 335 g/mol. The Labute approximate surface area is 149 Å². The molecule has 130 valence electrons. The van der Waals surface area contributed by atoms with Crippen molar-refractivity contribution >= 4 is 11.7 Å². The highest BCUT2D eigenvalue weighted by Crippen LogP contribution is 2.31. The van der Waals surface area contributed by atoms with Crippen molar-refractivity contribution in [2.24, 2.45) is 0 Å². The van der Waals surface area contributed by atoms with Crippen LogP contribution in [0.4, 0.5) is 0 Å². The fourth-order valence-corrected chi connectivity index (χ4v) is 3.75. The molecule has 0 aromatic heterocycles. The molecule has 0 radical (unpaired) electrons. The first-order valence-electron chi connectivity index (χ1n) is 8.98. The molecule has 3 heteroatoms. The fourth-order valence-electron chi connectivity index (χ4n) is 3.75. The van der Waals surface area contributed by atoms with Gasteiger partial charge in [-0.2, -0.15) is 0 Å². The molecule has 2 aromatic carbocycles. The summed E-state index contributed by atoms with van der Waals surface area (Å²) in [6, 6.07) is 14.0. The number of rotatable bonds is 4. The van der Waals surface area contributed by atoms with Gasteiger partial charge < -0.3 is 4.90 Å². The van der Waals surface area contributed by atoms with Gasteiger partial charge in [0, 0.05) is 29.6 Å². The highest BCUT2D eigenvalue weighted by Gasteiger charge is 2.25. The van der Waals surface area contributed by atoms with Crippen molar-refractivity contribution in [1.82, 2.24) is 4.90 Å². The Morgan fingerprint density at radius 1 is 0.920 bits per heavy atom. The summed E-state index contributed by atoms with van der Waals surface area (Å²) in [5.41, 5.74) is 4.58. The summed E-state index contributed by atoms with van der Waals surface area (Å²) in [7, 11) is 0. The van der Waals surface area contributed by atoms with Crippen LogP contribution in [0.3, 0.4) is 0 Å². The number of carbonyl (C=O) groups excluding carboxylic acids is 2. The van der Waals surface area contributed by atoms with Crippen LogP contribution in [0.5, 0.6) is 0 Å². The van der Waals surface area contributed by atoms with Crippen molar-refractivity contribution in [3.63, 3.8) is 0 Å². The van der Waals surface area contributed by atoms with E-state index in [2.05, 4.69) is 6.07 Å². The normalized spacial score (nSPS) is 13.4. The standard InChI is InChI=1S/C22H25NO2/c1-14(2)23(15(3)4)22(25)20-8-6-5-7-18(20)16-9-11-19-17(13-16)10-12-21(19)24/h5-9,11,13-15H,10,12H2,1-4H3. The number of carbonyl (C=O) groups is 2. The second-order valence-electron chi connectivity index (χ2n) is 7.24. The molecule has 25 heavy (non-hydrogen) atoms. The number of amides is 1. The number of aryl methyl sites for hydroxylation is 1. The number of ketones is 1. The first-order chi connectivity index (χ1) is 11.9. The Bertz CT molecular complexity index is 813. The quantitative estimate of drug-likeness (QED) is 0.809. The van der Waals surface area contributed by atoms with Gasteiger partial charge in [0.05, 0.1) is 0 Å². The average Bonchev–Trinajstić information content (AvgIpc) is 2.95. The first kappa shape index (κ1) is 17.4. The van der Waals surface area contributed by atoms with Crippen LogP contribution < -0.4 is 0 Å². The predicted octanol–water partition coefficient (Wildman–Crippen LogP) is 4.74. The van der Waals surface area contributed by atoms with E-state index in [9.17, 15) is 9.59 Å². The molecule has 0 aliphatic heterocycles.